The van der Waals surface area contributed by atoms with E-state index in [9.17, 15) is 4.79 Å². The van der Waals surface area contributed by atoms with Gasteiger partial charge in [0.1, 0.15) is 0 Å². The third-order valence-electron chi connectivity index (χ3n) is 2.31. The van der Waals surface area contributed by atoms with Gasteiger partial charge in [-0.15, -0.1) is 0 Å². The van der Waals surface area contributed by atoms with Gasteiger partial charge < -0.3 is 5.32 Å². The first-order chi connectivity index (χ1) is 9.54. The van der Waals surface area contributed by atoms with Gasteiger partial charge in [0.25, 0.3) is 0 Å². The van der Waals surface area contributed by atoms with Crippen LogP contribution in [0, 0.1) is 6.92 Å². The summed E-state index contributed by atoms with van der Waals surface area (Å²) in [6.07, 6.45) is 1.69. The van der Waals surface area contributed by atoms with Gasteiger partial charge in [0.05, 0.1) is 11.4 Å². The van der Waals surface area contributed by atoms with E-state index in [0.717, 1.165) is 20.3 Å². The molecule has 1 aromatic carbocycles. The zero-order valence-corrected chi connectivity index (χ0v) is 14.5. The number of carbonyl (C=O) groups is 1. The van der Waals surface area contributed by atoms with Gasteiger partial charge in [-0.3, -0.25) is 4.79 Å². The van der Waals surface area contributed by atoms with Crippen LogP contribution in [0.25, 0.3) is 0 Å². The predicted octanol–water partition coefficient (Wildman–Crippen LogP) is 4.04. The molecular formula is C13H11Br2N3OS. The molecule has 1 amide bonds. The van der Waals surface area contributed by atoms with Crippen molar-refractivity contribution in [3.05, 3.63) is 45.1 Å². The van der Waals surface area contributed by atoms with E-state index in [4.69, 9.17) is 0 Å². The Morgan fingerprint density at radius 1 is 1.35 bits per heavy atom. The van der Waals surface area contributed by atoms with Crippen molar-refractivity contribution in [2.75, 3.05) is 11.1 Å². The molecule has 1 N–H and O–H groups in total. The second-order valence-corrected chi connectivity index (χ2v) is 6.65. The van der Waals surface area contributed by atoms with Crippen LogP contribution in [0.3, 0.4) is 0 Å². The Morgan fingerprint density at radius 2 is 2.15 bits per heavy atom. The highest BCUT2D eigenvalue weighted by atomic mass is 79.9. The Hall–Kier alpha value is -0.920. The van der Waals surface area contributed by atoms with Gasteiger partial charge >= 0.3 is 0 Å². The zero-order valence-electron chi connectivity index (χ0n) is 10.6. The molecule has 0 saturated heterocycles. The monoisotopic (exact) mass is 415 g/mol. The topological polar surface area (TPSA) is 54.9 Å². The minimum absolute atomic E-state index is 0.0982. The second-order valence-electron chi connectivity index (χ2n) is 3.94. The molecule has 0 aliphatic heterocycles. The number of nitrogens with one attached hydrogen (secondary N) is 1. The SMILES string of the molecule is Cc1ccnc(SCC(=O)Nc2cc(Br)ccc2Br)n1. The van der Waals surface area contributed by atoms with Gasteiger partial charge in [-0.1, -0.05) is 27.7 Å². The summed E-state index contributed by atoms with van der Waals surface area (Å²) in [6, 6.07) is 7.43. The number of amides is 1. The fourth-order valence-corrected chi connectivity index (χ4v) is 2.79. The van der Waals surface area contributed by atoms with Gasteiger partial charge in [-0.05, 0) is 47.1 Å². The molecule has 0 unspecified atom stereocenters. The van der Waals surface area contributed by atoms with E-state index in [0.29, 0.717) is 5.16 Å². The normalized spacial score (nSPS) is 10.3. The van der Waals surface area contributed by atoms with Crippen molar-refractivity contribution < 1.29 is 4.79 Å². The summed E-state index contributed by atoms with van der Waals surface area (Å²) in [6.45, 7) is 1.89. The summed E-state index contributed by atoms with van der Waals surface area (Å²) in [7, 11) is 0. The molecule has 2 aromatic rings. The van der Waals surface area contributed by atoms with E-state index in [2.05, 4.69) is 47.1 Å². The predicted molar refractivity (Wildman–Crippen MR) is 88.0 cm³/mol. The number of benzene rings is 1. The first-order valence-electron chi connectivity index (χ1n) is 5.72. The van der Waals surface area contributed by atoms with E-state index in [1.54, 1.807) is 6.20 Å². The van der Waals surface area contributed by atoms with Gasteiger partial charge in [0, 0.05) is 20.8 Å². The van der Waals surface area contributed by atoms with Gasteiger partial charge in [0.2, 0.25) is 5.91 Å². The molecule has 0 radical (unpaired) electrons. The summed E-state index contributed by atoms with van der Waals surface area (Å²) < 4.78 is 1.75. The van der Waals surface area contributed by atoms with E-state index < -0.39 is 0 Å². The number of hydrogen-bond donors (Lipinski definition) is 1. The smallest absolute Gasteiger partial charge is 0.234 e. The lowest BCUT2D eigenvalue weighted by Gasteiger charge is -2.07. The molecule has 0 saturated carbocycles. The molecule has 0 fully saturated rings. The number of anilines is 1. The maximum Gasteiger partial charge on any atom is 0.234 e. The Morgan fingerprint density at radius 3 is 2.90 bits per heavy atom. The van der Waals surface area contributed by atoms with Crippen LogP contribution >= 0.6 is 43.6 Å². The van der Waals surface area contributed by atoms with E-state index >= 15 is 0 Å². The summed E-state index contributed by atoms with van der Waals surface area (Å²) in [4.78, 5) is 20.3. The van der Waals surface area contributed by atoms with E-state index in [1.165, 1.54) is 11.8 Å². The molecule has 1 aromatic heterocycles. The molecule has 4 nitrogen and oxygen atoms in total. The first kappa shape index (κ1) is 15.5. The number of halogens is 2. The summed E-state index contributed by atoms with van der Waals surface area (Å²) in [5, 5.41) is 3.45. The van der Waals surface area contributed by atoms with Crippen molar-refractivity contribution in [1.29, 1.82) is 0 Å². The molecule has 104 valence electrons. The minimum Gasteiger partial charge on any atom is -0.324 e. The van der Waals surface area contributed by atoms with Crippen LogP contribution in [0.2, 0.25) is 0 Å². The van der Waals surface area contributed by atoms with Crippen molar-refractivity contribution in [2.24, 2.45) is 0 Å². The average Bonchev–Trinajstić information content (AvgIpc) is 2.41. The number of carbonyl (C=O) groups excluding carboxylic acids is 1. The largest absolute Gasteiger partial charge is 0.324 e. The van der Waals surface area contributed by atoms with Crippen molar-refractivity contribution in [1.82, 2.24) is 9.97 Å². The highest BCUT2D eigenvalue weighted by Gasteiger charge is 2.08. The van der Waals surface area contributed by atoms with Crippen LogP contribution in [0.4, 0.5) is 5.69 Å². The van der Waals surface area contributed by atoms with Crippen molar-refractivity contribution in [3.8, 4) is 0 Å². The Balaban J connectivity index is 1.94. The number of aromatic nitrogens is 2. The molecule has 2 rings (SSSR count). The van der Waals surface area contributed by atoms with E-state index in [-0.39, 0.29) is 11.7 Å². The Labute approximate surface area is 138 Å². The highest BCUT2D eigenvalue weighted by Crippen LogP contribution is 2.26. The lowest BCUT2D eigenvalue weighted by atomic mass is 10.3. The number of aryl methyl sites for hydroxylation is 1. The molecule has 0 bridgehead atoms. The summed E-state index contributed by atoms with van der Waals surface area (Å²) >= 11 is 8.08. The lowest BCUT2D eigenvalue weighted by molar-refractivity contribution is -0.113. The third kappa shape index (κ3) is 4.57. The van der Waals surface area contributed by atoms with Crippen LogP contribution in [-0.4, -0.2) is 21.6 Å². The zero-order chi connectivity index (χ0) is 14.5. The number of rotatable bonds is 4. The quantitative estimate of drug-likeness (QED) is 0.603. The highest BCUT2D eigenvalue weighted by molar-refractivity contribution is 9.11. The van der Waals surface area contributed by atoms with Crippen LogP contribution in [0.5, 0.6) is 0 Å². The molecule has 0 atom stereocenters. The Bertz CT molecular complexity index is 637. The van der Waals surface area contributed by atoms with Gasteiger partial charge in [-0.25, -0.2) is 9.97 Å². The van der Waals surface area contributed by atoms with Gasteiger partial charge in [-0.2, -0.15) is 0 Å². The molecule has 20 heavy (non-hydrogen) atoms. The molecular weight excluding hydrogens is 406 g/mol. The van der Waals surface area contributed by atoms with Crippen LogP contribution in [0.15, 0.2) is 44.6 Å². The van der Waals surface area contributed by atoms with Crippen LogP contribution in [-0.2, 0) is 4.79 Å². The van der Waals surface area contributed by atoms with Crippen LogP contribution < -0.4 is 5.32 Å². The average molecular weight is 417 g/mol. The standard InChI is InChI=1S/C13H11Br2N3OS/c1-8-4-5-16-13(17-8)20-7-12(19)18-11-6-9(14)2-3-10(11)15/h2-6H,7H2,1H3,(H,18,19). The number of nitrogens with zero attached hydrogens (tertiary/aromatic N) is 2. The minimum atomic E-state index is -0.0982. The molecule has 1 heterocycles. The fraction of sp³-hybridized carbons (Fsp3) is 0.154. The number of hydrogen-bond acceptors (Lipinski definition) is 4. The van der Waals surface area contributed by atoms with Gasteiger partial charge in [0.15, 0.2) is 5.16 Å². The molecule has 7 heteroatoms. The van der Waals surface area contributed by atoms with Crippen molar-refractivity contribution >= 4 is 55.2 Å². The van der Waals surface area contributed by atoms with E-state index in [1.807, 2.05) is 31.2 Å². The maximum atomic E-state index is 11.9. The molecule has 0 aliphatic carbocycles. The maximum absolute atomic E-state index is 11.9. The Kier molecular flexibility index (Phi) is 5.56. The fourth-order valence-electron chi connectivity index (χ4n) is 1.41. The second kappa shape index (κ2) is 7.19. The van der Waals surface area contributed by atoms with Crippen LogP contribution in [0.1, 0.15) is 5.69 Å². The number of thioether (sulfide) groups is 1. The van der Waals surface area contributed by atoms with Crippen molar-refractivity contribution in [3.63, 3.8) is 0 Å². The molecule has 0 aliphatic rings. The lowest BCUT2D eigenvalue weighted by Crippen LogP contribution is -2.14. The summed E-state index contributed by atoms with van der Waals surface area (Å²) in [5.41, 5.74) is 1.62. The third-order valence-corrected chi connectivity index (χ3v) is 4.35. The first-order valence-corrected chi connectivity index (χ1v) is 8.29. The van der Waals surface area contributed by atoms with Crippen molar-refractivity contribution in [2.45, 2.75) is 12.1 Å². The molecule has 0 spiro atoms. The summed E-state index contributed by atoms with van der Waals surface area (Å²) in [5.74, 6) is 0.168.